The van der Waals surface area contributed by atoms with Crippen molar-refractivity contribution in [2.75, 3.05) is 7.05 Å². The molecule has 2 aliphatic rings. The minimum absolute atomic E-state index is 0.182. The van der Waals surface area contributed by atoms with Gasteiger partial charge in [-0.3, -0.25) is 4.99 Å². The van der Waals surface area contributed by atoms with Crippen LogP contribution in [0, 0.1) is 0 Å². The van der Waals surface area contributed by atoms with Crippen molar-refractivity contribution in [3.8, 4) is 0 Å². The van der Waals surface area contributed by atoms with Gasteiger partial charge < -0.3 is 15.2 Å². The Morgan fingerprint density at radius 1 is 1.27 bits per heavy atom. The lowest BCUT2D eigenvalue weighted by atomic mass is 10.00. The van der Waals surface area contributed by atoms with Gasteiger partial charge in [-0.05, 0) is 42.6 Å². The van der Waals surface area contributed by atoms with E-state index in [0.717, 1.165) is 11.3 Å². The number of hydrogen-bond acceptors (Lipinski definition) is 3. The monoisotopic (exact) mass is 346 g/mol. The number of nitrogens with zero attached hydrogens (tertiary/aromatic N) is 2. The third-order valence-electron chi connectivity index (χ3n) is 5.59. The van der Waals surface area contributed by atoms with Crippen molar-refractivity contribution in [2.24, 2.45) is 4.99 Å². The fraction of sp³-hybridized carbons (Fsp3) is 0.318. The van der Waals surface area contributed by atoms with Gasteiger partial charge in [-0.2, -0.15) is 0 Å². The van der Waals surface area contributed by atoms with Crippen molar-refractivity contribution in [1.82, 2.24) is 15.2 Å². The van der Waals surface area contributed by atoms with Crippen LogP contribution in [0.3, 0.4) is 0 Å². The Bertz CT molecular complexity index is 880. The van der Waals surface area contributed by atoms with Crippen molar-refractivity contribution >= 4 is 17.6 Å². The molecule has 2 aromatic rings. The molecule has 0 spiro atoms. The number of hydrogen-bond donors (Lipinski definition) is 2. The van der Waals surface area contributed by atoms with Crippen molar-refractivity contribution < 1.29 is 0 Å². The van der Waals surface area contributed by atoms with Crippen LogP contribution in [-0.2, 0) is 0 Å². The number of benzene rings is 1. The molecular formula is C22H26N4. The molecule has 134 valence electrons. The van der Waals surface area contributed by atoms with Crippen LogP contribution in [0.15, 0.2) is 71.3 Å². The smallest absolute Gasteiger partial charge is 0.0696 e. The summed E-state index contributed by atoms with van der Waals surface area (Å²) in [5.41, 5.74) is 4.71. The van der Waals surface area contributed by atoms with Gasteiger partial charge in [0.1, 0.15) is 0 Å². The Balaban J connectivity index is 1.52. The minimum atomic E-state index is 0.182. The van der Waals surface area contributed by atoms with Gasteiger partial charge in [0.15, 0.2) is 0 Å². The second-order valence-corrected chi connectivity index (χ2v) is 7.17. The van der Waals surface area contributed by atoms with Gasteiger partial charge in [0.25, 0.3) is 0 Å². The van der Waals surface area contributed by atoms with E-state index in [0.29, 0.717) is 6.04 Å². The lowest BCUT2D eigenvalue weighted by Crippen LogP contribution is -2.30. The zero-order chi connectivity index (χ0) is 17.9. The average Bonchev–Trinajstić information content (AvgIpc) is 3.36. The van der Waals surface area contributed by atoms with E-state index in [1.807, 2.05) is 12.4 Å². The topological polar surface area (TPSA) is 43.4 Å². The average molecular weight is 346 g/mol. The number of nitrogens with one attached hydrogen (secondary N) is 2. The molecule has 1 aliphatic carbocycles. The van der Waals surface area contributed by atoms with E-state index < -0.39 is 0 Å². The Morgan fingerprint density at radius 3 is 2.85 bits per heavy atom. The molecule has 2 heterocycles. The molecule has 26 heavy (non-hydrogen) atoms. The first-order valence-electron chi connectivity index (χ1n) is 9.37. The number of allylic oxidation sites excluding steroid dienone is 1. The Labute approximate surface area is 155 Å². The van der Waals surface area contributed by atoms with Gasteiger partial charge in [-0.1, -0.05) is 37.1 Å². The quantitative estimate of drug-likeness (QED) is 0.773. The van der Waals surface area contributed by atoms with Gasteiger partial charge in [-0.25, -0.2) is 0 Å². The van der Waals surface area contributed by atoms with E-state index >= 15 is 0 Å². The molecule has 0 radical (unpaired) electrons. The van der Waals surface area contributed by atoms with Crippen molar-refractivity contribution in [3.05, 3.63) is 71.8 Å². The molecule has 1 unspecified atom stereocenters. The molecule has 0 bridgehead atoms. The maximum Gasteiger partial charge on any atom is 0.0696 e. The SMILES string of the molecule is C=N/C=C(/C1=CNC(c2ccc3cc[nH]c3c2)C=C1)N(C)C1CCCC1. The molecule has 1 fully saturated rings. The number of rotatable bonds is 5. The van der Waals surface area contributed by atoms with Gasteiger partial charge in [0.2, 0.25) is 0 Å². The highest BCUT2D eigenvalue weighted by Gasteiger charge is 2.23. The highest BCUT2D eigenvalue weighted by atomic mass is 15.2. The second kappa shape index (κ2) is 7.24. The summed E-state index contributed by atoms with van der Waals surface area (Å²) in [4.78, 5) is 9.70. The number of aliphatic imine (C=N–C) groups is 1. The first kappa shape index (κ1) is 16.7. The van der Waals surface area contributed by atoms with E-state index in [1.54, 1.807) is 0 Å². The predicted octanol–water partition coefficient (Wildman–Crippen LogP) is 4.67. The van der Waals surface area contributed by atoms with Crippen LogP contribution >= 0.6 is 0 Å². The van der Waals surface area contributed by atoms with Crippen LogP contribution in [0.2, 0.25) is 0 Å². The Kier molecular flexibility index (Phi) is 4.65. The predicted molar refractivity (Wildman–Crippen MR) is 109 cm³/mol. The van der Waals surface area contributed by atoms with Gasteiger partial charge >= 0.3 is 0 Å². The molecule has 4 rings (SSSR count). The summed E-state index contributed by atoms with van der Waals surface area (Å²) >= 11 is 0. The summed E-state index contributed by atoms with van der Waals surface area (Å²) in [6.45, 7) is 3.66. The normalized spacial score (nSPS) is 20.9. The maximum absolute atomic E-state index is 4.05. The number of fused-ring (bicyclic) bond motifs is 1. The zero-order valence-corrected chi connectivity index (χ0v) is 15.3. The third-order valence-corrected chi connectivity index (χ3v) is 5.59. The summed E-state index contributed by atoms with van der Waals surface area (Å²) in [6.07, 6.45) is 15.5. The second-order valence-electron chi connectivity index (χ2n) is 7.17. The molecule has 1 aliphatic heterocycles. The minimum Gasteiger partial charge on any atom is -0.380 e. The van der Waals surface area contributed by atoms with E-state index in [-0.39, 0.29) is 6.04 Å². The summed E-state index contributed by atoms with van der Waals surface area (Å²) in [5.74, 6) is 0. The van der Waals surface area contributed by atoms with Gasteiger partial charge in [0, 0.05) is 36.6 Å². The summed E-state index contributed by atoms with van der Waals surface area (Å²) < 4.78 is 0. The summed E-state index contributed by atoms with van der Waals surface area (Å²) in [5, 5.41) is 4.78. The number of aromatic nitrogens is 1. The van der Waals surface area contributed by atoms with E-state index in [2.05, 4.69) is 76.6 Å². The first-order chi connectivity index (χ1) is 12.8. The zero-order valence-electron chi connectivity index (χ0n) is 15.3. The van der Waals surface area contributed by atoms with Crippen molar-refractivity contribution in [1.29, 1.82) is 0 Å². The molecule has 4 heteroatoms. The molecule has 4 nitrogen and oxygen atoms in total. The highest BCUT2D eigenvalue weighted by Crippen LogP contribution is 2.30. The highest BCUT2D eigenvalue weighted by molar-refractivity contribution is 5.80. The molecule has 1 aromatic carbocycles. The fourth-order valence-electron chi connectivity index (χ4n) is 4.05. The number of aromatic amines is 1. The number of H-pyrrole nitrogens is 1. The first-order valence-corrected chi connectivity index (χ1v) is 9.37. The van der Waals surface area contributed by atoms with Crippen molar-refractivity contribution in [2.45, 2.75) is 37.8 Å². The maximum atomic E-state index is 4.05. The Hall–Kier alpha value is -2.75. The molecule has 0 saturated heterocycles. The van der Waals surface area contributed by atoms with Crippen LogP contribution in [0.25, 0.3) is 10.9 Å². The largest absolute Gasteiger partial charge is 0.380 e. The van der Waals surface area contributed by atoms with Crippen LogP contribution in [-0.4, -0.2) is 29.7 Å². The molecular weight excluding hydrogens is 320 g/mol. The molecule has 0 amide bonds. The fourth-order valence-corrected chi connectivity index (χ4v) is 4.05. The van der Waals surface area contributed by atoms with Gasteiger partial charge in [0.05, 0.1) is 17.9 Å². The van der Waals surface area contributed by atoms with Gasteiger partial charge in [-0.15, -0.1) is 0 Å². The third kappa shape index (κ3) is 3.19. The van der Waals surface area contributed by atoms with E-state index in [4.69, 9.17) is 0 Å². The number of dihydropyridines is 1. The van der Waals surface area contributed by atoms with Crippen LogP contribution in [0.4, 0.5) is 0 Å². The van der Waals surface area contributed by atoms with Crippen LogP contribution < -0.4 is 5.32 Å². The van der Waals surface area contributed by atoms with Crippen molar-refractivity contribution in [3.63, 3.8) is 0 Å². The summed E-state index contributed by atoms with van der Waals surface area (Å²) in [6, 6.07) is 9.44. The molecule has 1 saturated carbocycles. The van der Waals surface area contributed by atoms with E-state index in [1.165, 1.54) is 42.1 Å². The lowest BCUT2D eigenvalue weighted by molar-refractivity contribution is 0.313. The molecule has 1 aromatic heterocycles. The molecule has 1 atom stereocenters. The molecule has 2 N–H and O–H groups in total. The number of likely N-dealkylation sites (N-methyl/N-ethyl adjacent to an activating group) is 1. The van der Waals surface area contributed by atoms with Crippen LogP contribution in [0.5, 0.6) is 0 Å². The standard InChI is InChI=1S/C22H26N4/c1-23-15-22(26(2)19-5-3-4-6-19)18-9-10-20(25-14-18)17-8-7-16-11-12-24-21(16)13-17/h7-15,19-20,24-25H,1,3-6H2,2H3/b22-15-. The Morgan fingerprint density at radius 2 is 2.12 bits per heavy atom. The van der Waals surface area contributed by atoms with Crippen LogP contribution in [0.1, 0.15) is 37.3 Å². The lowest BCUT2D eigenvalue weighted by Gasteiger charge is -2.31. The summed E-state index contributed by atoms with van der Waals surface area (Å²) in [7, 11) is 2.17. The van der Waals surface area contributed by atoms with E-state index in [9.17, 15) is 0 Å².